The van der Waals surface area contributed by atoms with Crippen molar-refractivity contribution in [1.29, 1.82) is 0 Å². The molecule has 10 heavy (non-hydrogen) atoms. The van der Waals surface area contributed by atoms with Gasteiger partial charge in [0.05, 0.1) is 10.2 Å². The van der Waals surface area contributed by atoms with E-state index in [4.69, 9.17) is 30.6 Å². The van der Waals surface area contributed by atoms with Crippen LogP contribution in [-0.2, 0) is 34.1 Å². The van der Waals surface area contributed by atoms with Gasteiger partial charge in [-0.2, -0.15) is 0 Å². The molecule has 0 amide bonds. The Bertz CT molecular complexity index is 71.7. The van der Waals surface area contributed by atoms with Gasteiger partial charge in [-0.1, -0.05) is 0 Å². The van der Waals surface area contributed by atoms with Gasteiger partial charge in [-0.3, -0.25) is 0 Å². The first kappa shape index (κ1) is 22.7. The first-order valence-corrected chi connectivity index (χ1v) is 1.10. The van der Waals surface area contributed by atoms with E-state index < -0.39 is 10.2 Å². The second kappa shape index (κ2) is 15.8. The molecule has 58 valence electrons. The monoisotopic (exact) mass is 234 g/mol. The van der Waals surface area contributed by atoms with E-state index in [1.807, 2.05) is 0 Å². The summed E-state index contributed by atoms with van der Waals surface area (Å²) in [4.78, 5) is 16.5. The summed E-state index contributed by atoms with van der Waals surface area (Å²) in [5, 5.41) is 29.5. The largest absolute Gasteiger partial charge is 2.00 e. The molecule has 0 fully saturated rings. The third-order valence-electron chi connectivity index (χ3n) is 0. The molecule has 0 aromatic heterocycles. The van der Waals surface area contributed by atoms with Crippen LogP contribution in [0.25, 0.3) is 0 Å². The summed E-state index contributed by atoms with van der Waals surface area (Å²) in [5.74, 6) is 0. The second-order valence-corrected chi connectivity index (χ2v) is 0.447. The minimum Gasteiger partial charge on any atom is -0.356 e. The van der Waals surface area contributed by atoms with Crippen molar-refractivity contribution in [2.24, 2.45) is 0 Å². The van der Waals surface area contributed by atoms with Crippen molar-refractivity contribution in [3.63, 3.8) is 0 Å². The number of rotatable bonds is 0. The molecule has 0 bridgehead atoms. The topological polar surface area (TPSA) is 132 Å². The Kier molecular flexibility index (Phi) is 35.9. The Labute approximate surface area is 75.4 Å². The molecule has 0 spiro atoms. The Morgan fingerprint density at radius 1 is 0.700 bits per heavy atom. The normalized spacial score (nSPS) is 4.80. The molecule has 8 nitrogen and oxygen atoms in total. The van der Waals surface area contributed by atoms with Crippen LogP contribution in [0.2, 0.25) is 0 Å². The van der Waals surface area contributed by atoms with Gasteiger partial charge in [0.15, 0.2) is 0 Å². The summed E-state index contributed by atoms with van der Waals surface area (Å²) in [7, 11) is 0. The van der Waals surface area contributed by atoms with Crippen molar-refractivity contribution >= 4 is 0 Å². The van der Waals surface area contributed by atoms with Gasteiger partial charge in [-0.05, 0) is 0 Å². The quantitative estimate of drug-likeness (QED) is 0.315. The predicted molar refractivity (Wildman–Crippen MR) is 20.7 cm³/mol. The van der Waals surface area contributed by atoms with Crippen molar-refractivity contribution in [3.8, 4) is 0 Å². The van der Waals surface area contributed by atoms with Crippen molar-refractivity contribution in [2.75, 3.05) is 0 Å². The average Bonchev–Trinajstić information content (AvgIpc) is 1.25. The molecule has 0 aromatic rings. The van der Waals surface area contributed by atoms with Crippen LogP contribution in [0.3, 0.4) is 0 Å². The summed E-state index contributed by atoms with van der Waals surface area (Å²) in [6.45, 7) is 0. The molecule has 0 aliphatic carbocycles. The first-order chi connectivity index (χ1) is 3.46. The van der Waals surface area contributed by atoms with E-state index in [0.29, 0.717) is 0 Å². The molecule has 0 aliphatic heterocycles. The SMILES string of the molecule is O=[N+]([O-])[O-].O=[N+]([O-])[O-].[Mn+2].[Mn+2]. The van der Waals surface area contributed by atoms with Crippen molar-refractivity contribution in [2.45, 2.75) is 0 Å². The fraction of sp³-hybridized carbons (Fsp3) is 0. The molecule has 0 heterocycles. The fourth-order valence-corrected chi connectivity index (χ4v) is 0. The van der Waals surface area contributed by atoms with Crippen molar-refractivity contribution in [3.05, 3.63) is 30.6 Å². The fourth-order valence-electron chi connectivity index (χ4n) is 0. The summed E-state index contributed by atoms with van der Waals surface area (Å²) < 4.78 is 0. The molecule has 0 aromatic carbocycles. The van der Waals surface area contributed by atoms with Crippen LogP contribution in [0.5, 0.6) is 0 Å². The molecular weight excluding hydrogens is 234 g/mol. The van der Waals surface area contributed by atoms with Crippen LogP contribution >= 0.6 is 0 Å². The van der Waals surface area contributed by atoms with Crippen molar-refractivity contribution in [1.82, 2.24) is 0 Å². The minimum atomic E-state index is -1.75. The molecule has 10 heteroatoms. The second-order valence-electron chi connectivity index (χ2n) is 0.447. The Morgan fingerprint density at radius 3 is 0.700 bits per heavy atom. The van der Waals surface area contributed by atoms with E-state index in [2.05, 4.69) is 0 Å². The van der Waals surface area contributed by atoms with E-state index in [9.17, 15) is 0 Å². The van der Waals surface area contributed by atoms with Gasteiger partial charge in [-0.25, -0.2) is 0 Å². The summed E-state index contributed by atoms with van der Waals surface area (Å²) in [5.41, 5.74) is 0. The third-order valence-corrected chi connectivity index (χ3v) is 0. The predicted octanol–water partition coefficient (Wildman–Crippen LogP) is -0.483. The zero-order valence-electron chi connectivity index (χ0n) is 4.10. The van der Waals surface area contributed by atoms with Crippen LogP contribution in [0.4, 0.5) is 0 Å². The van der Waals surface area contributed by atoms with Crippen LogP contribution in [0.15, 0.2) is 0 Å². The van der Waals surface area contributed by atoms with Gasteiger partial charge in [0.25, 0.3) is 0 Å². The number of hydrogen-bond donors (Lipinski definition) is 0. The van der Waals surface area contributed by atoms with Crippen LogP contribution < -0.4 is 0 Å². The summed E-state index contributed by atoms with van der Waals surface area (Å²) >= 11 is 0. The zero-order valence-corrected chi connectivity index (χ0v) is 6.46. The maximum atomic E-state index is 8.25. The van der Waals surface area contributed by atoms with Gasteiger partial charge in [0.1, 0.15) is 0 Å². The smallest absolute Gasteiger partial charge is 0.356 e. The van der Waals surface area contributed by atoms with E-state index in [0.717, 1.165) is 0 Å². The van der Waals surface area contributed by atoms with Crippen molar-refractivity contribution < 1.29 is 44.3 Å². The molecule has 0 unspecified atom stereocenters. The maximum Gasteiger partial charge on any atom is 2.00 e. The molecule has 0 atom stereocenters. The van der Waals surface area contributed by atoms with Crippen LogP contribution in [0, 0.1) is 30.6 Å². The standard InChI is InChI=1S/2Mn.2NO3/c;;2*2-1(3)4/q2*+2;2*-1. The van der Waals surface area contributed by atoms with Gasteiger partial charge in [0, 0.05) is 0 Å². The maximum absolute atomic E-state index is 8.25. The average molecular weight is 234 g/mol. The first-order valence-electron chi connectivity index (χ1n) is 1.10. The van der Waals surface area contributed by atoms with Gasteiger partial charge in [-0.15, -0.1) is 0 Å². The van der Waals surface area contributed by atoms with E-state index in [1.165, 1.54) is 0 Å². The Morgan fingerprint density at radius 2 is 0.700 bits per heavy atom. The zero-order chi connectivity index (χ0) is 7.15. The van der Waals surface area contributed by atoms with E-state index >= 15 is 0 Å². The molecule has 0 N–H and O–H groups in total. The number of hydrogen-bond acceptors (Lipinski definition) is 6. The third kappa shape index (κ3) is 980. The number of nitrogens with zero attached hydrogens (tertiary/aromatic N) is 2. The van der Waals surface area contributed by atoms with Gasteiger partial charge in [0.2, 0.25) is 0 Å². The van der Waals surface area contributed by atoms with Crippen LogP contribution in [0.1, 0.15) is 0 Å². The molecule has 0 saturated carbocycles. The molecular formula is Mn2N2O6+2. The molecule has 0 aliphatic rings. The minimum absolute atomic E-state index is 0. The molecule has 0 saturated heterocycles. The molecule has 2 radical (unpaired) electrons. The van der Waals surface area contributed by atoms with Gasteiger partial charge < -0.3 is 30.6 Å². The summed E-state index contributed by atoms with van der Waals surface area (Å²) in [6.07, 6.45) is 0. The molecule has 0 rings (SSSR count). The summed E-state index contributed by atoms with van der Waals surface area (Å²) in [6, 6.07) is 0. The van der Waals surface area contributed by atoms with E-state index in [-0.39, 0.29) is 34.1 Å². The Balaban J connectivity index is -0.0000000300. The van der Waals surface area contributed by atoms with Crippen LogP contribution in [-0.4, -0.2) is 10.2 Å². The van der Waals surface area contributed by atoms with E-state index in [1.54, 1.807) is 0 Å². The Hall–Kier alpha value is -0.561. The van der Waals surface area contributed by atoms with Gasteiger partial charge >= 0.3 is 34.1 Å².